The van der Waals surface area contributed by atoms with Gasteiger partial charge in [-0.05, 0) is 18.1 Å². The second-order valence-corrected chi connectivity index (χ2v) is 6.31. The van der Waals surface area contributed by atoms with Crippen molar-refractivity contribution in [1.82, 2.24) is 19.9 Å². The smallest absolute Gasteiger partial charge is 0.346 e. The van der Waals surface area contributed by atoms with Crippen LogP contribution in [0.4, 0.5) is 13.2 Å². The summed E-state index contributed by atoms with van der Waals surface area (Å²) in [7, 11) is 0. The second kappa shape index (κ2) is 5.72. The summed E-state index contributed by atoms with van der Waals surface area (Å²) in [5, 5.41) is 2.83. The number of fused-ring (bicyclic) bond motifs is 3. The van der Waals surface area contributed by atoms with Gasteiger partial charge < -0.3 is 9.88 Å². The summed E-state index contributed by atoms with van der Waals surface area (Å²) >= 11 is 0. The Balaban J connectivity index is 1.67. The Morgan fingerprint density at radius 2 is 2.16 bits per heavy atom. The minimum absolute atomic E-state index is 0.0334. The highest BCUT2D eigenvalue weighted by molar-refractivity contribution is 6.06. The van der Waals surface area contributed by atoms with Crippen molar-refractivity contribution in [3.05, 3.63) is 36.4 Å². The first-order chi connectivity index (χ1) is 11.9. The molecule has 0 aromatic carbocycles. The minimum Gasteiger partial charge on any atom is -0.346 e. The summed E-state index contributed by atoms with van der Waals surface area (Å²) in [5.41, 5.74) is 1.70. The molecule has 1 amide bonds. The fourth-order valence-corrected chi connectivity index (χ4v) is 3.54. The van der Waals surface area contributed by atoms with E-state index >= 15 is 0 Å². The van der Waals surface area contributed by atoms with Crippen LogP contribution in [0.15, 0.2) is 30.9 Å². The van der Waals surface area contributed by atoms with E-state index in [1.165, 1.54) is 4.90 Å². The van der Waals surface area contributed by atoms with Gasteiger partial charge in [0.2, 0.25) is 5.91 Å². The van der Waals surface area contributed by atoms with E-state index in [9.17, 15) is 18.0 Å². The fourth-order valence-electron chi connectivity index (χ4n) is 3.54. The standard InChI is InChI=1S/C17H15F3N4O/c18-17(19,20)5-14(25)24-4-2-10(9-24)13-8-21-6-11-7-23-16-12(15(11)13)1-3-22-16/h1,3,6-8,10H,2,4-5,9H2,(H,22,23). The largest absolute Gasteiger partial charge is 0.397 e. The Bertz CT molecular complexity index is 950. The van der Waals surface area contributed by atoms with Gasteiger partial charge in [0.25, 0.3) is 0 Å². The number of carbonyl (C=O) groups is 1. The molecule has 0 spiro atoms. The molecule has 4 heterocycles. The van der Waals surface area contributed by atoms with Crippen LogP contribution in [0.3, 0.4) is 0 Å². The number of hydrogen-bond donors (Lipinski definition) is 1. The number of alkyl halides is 3. The number of pyridine rings is 2. The van der Waals surface area contributed by atoms with Gasteiger partial charge in [-0.2, -0.15) is 13.2 Å². The Morgan fingerprint density at radius 3 is 2.96 bits per heavy atom. The monoisotopic (exact) mass is 348 g/mol. The molecule has 8 heteroatoms. The number of halogens is 3. The lowest BCUT2D eigenvalue weighted by molar-refractivity contribution is -0.160. The topological polar surface area (TPSA) is 61.9 Å². The first-order valence-electron chi connectivity index (χ1n) is 7.96. The van der Waals surface area contributed by atoms with Crippen LogP contribution in [-0.2, 0) is 4.79 Å². The normalized spacial score (nSPS) is 18.4. The van der Waals surface area contributed by atoms with Gasteiger partial charge in [0.05, 0.1) is 0 Å². The van der Waals surface area contributed by atoms with Crippen LogP contribution in [-0.4, -0.2) is 45.0 Å². The number of aromatic amines is 1. The van der Waals surface area contributed by atoms with E-state index < -0.39 is 18.5 Å². The number of rotatable bonds is 2. The molecule has 3 aromatic rings. The van der Waals surface area contributed by atoms with Crippen LogP contribution in [0.25, 0.3) is 21.8 Å². The third-order valence-corrected chi connectivity index (χ3v) is 4.66. The molecule has 0 radical (unpaired) electrons. The molecule has 0 saturated carbocycles. The molecular formula is C17H15F3N4O. The van der Waals surface area contributed by atoms with Crippen LogP contribution in [0, 0.1) is 0 Å². The lowest BCUT2D eigenvalue weighted by Crippen LogP contribution is -2.32. The molecule has 1 aliphatic heterocycles. The fraction of sp³-hybridized carbons (Fsp3) is 0.353. The molecule has 1 N–H and O–H groups in total. The second-order valence-electron chi connectivity index (χ2n) is 6.31. The van der Waals surface area contributed by atoms with Crippen molar-refractivity contribution in [3.63, 3.8) is 0 Å². The summed E-state index contributed by atoms with van der Waals surface area (Å²) in [6, 6.07) is 1.93. The highest BCUT2D eigenvalue weighted by Crippen LogP contribution is 2.35. The summed E-state index contributed by atoms with van der Waals surface area (Å²) in [5.74, 6) is -0.898. The number of nitrogens with one attached hydrogen (secondary N) is 1. The maximum absolute atomic E-state index is 12.5. The lowest BCUT2D eigenvalue weighted by Gasteiger charge is -2.18. The summed E-state index contributed by atoms with van der Waals surface area (Å²) in [6.07, 6.45) is 1.75. The number of hydrogen-bond acceptors (Lipinski definition) is 3. The first kappa shape index (κ1) is 15.9. The highest BCUT2D eigenvalue weighted by atomic mass is 19.4. The lowest BCUT2D eigenvalue weighted by atomic mass is 9.94. The van der Waals surface area contributed by atoms with Gasteiger partial charge in [-0.25, -0.2) is 4.98 Å². The zero-order valence-electron chi connectivity index (χ0n) is 13.2. The van der Waals surface area contributed by atoms with Gasteiger partial charge >= 0.3 is 6.18 Å². The number of carbonyl (C=O) groups excluding carboxylic acids is 1. The van der Waals surface area contributed by atoms with Crippen molar-refractivity contribution in [2.24, 2.45) is 0 Å². The van der Waals surface area contributed by atoms with Crippen molar-refractivity contribution in [1.29, 1.82) is 0 Å². The quantitative estimate of drug-likeness (QED) is 0.772. The van der Waals surface area contributed by atoms with Gasteiger partial charge in [0.1, 0.15) is 12.1 Å². The third-order valence-electron chi connectivity index (χ3n) is 4.66. The number of likely N-dealkylation sites (tertiary alicyclic amines) is 1. The molecule has 5 nitrogen and oxygen atoms in total. The van der Waals surface area contributed by atoms with Gasteiger partial charge in [0.15, 0.2) is 0 Å². The van der Waals surface area contributed by atoms with Gasteiger partial charge in [-0.3, -0.25) is 9.78 Å². The van der Waals surface area contributed by atoms with E-state index in [1.807, 2.05) is 6.07 Å². The van der Waals surface area contributed by atoms with Gasteiger partial charge in [-0.15, -0.1) is 0 Å². The molecule has 4 rings (SSSR count). The van der Waals surface area contributed by atoms with Crippen LogP contribution in [0.5, 0.6) is 0 Å². The van der Waals surface area contributed by atoms with E-state index in [2.05, 4.69) is 15.0 Å². The van der Waals surface area contributed by atoms with Crippen LogP contribution < -0.4 is 0 Å². The molecule has 130 valence electrons. The van der Waals surface area contributed by atoms with E-state index in [0.29, 0.717) is 13.0 Å². The third kappa shape index (κ3) is 2.92. The summed E-state index contributed by atoms with van der Waals surface area (Å²) < 4.78 is 37.4. The number of amides is 1. The Hall–Kier alpha value is -2.64. The van der Waals surface area contributed by atoms with E-state index in [-0.39, 0.29) is 12.5 Å². The maximum atomic E-state index is 12.5. The van der Waals surface area contributed by atoms with E-state index in [4.69, 9.17) is 0 Å². The van der Waals surface area contributed by atoms with E-state index in [0.717, 1.165) is 27.4 Å². The zero-order valence-corrected chi connectivity index (χ0v) is 13.2. The number of nitrogens with zero attached hydrogens (tertiary/aromatic N) is 3. The molecule has 1 aliphatic rings. The predicted molar refractivity (Wildman–Crippen MR) is 86.0 cm³/mol. The Kier molecular flexibility index (Phi) is 3.63. The molecule has 0 bridgehead atoms. The van der Waals surface area contributed by atoms with Crippen molar-refractivity contribution in [2.45, 2.75) is 24.9 Å². The average Bonchev–Trinajstić information content (AvgIpc) is 3.22. The van der Waals surface area contributed by atoms with Crippen molar-refractivity contribution < 1.29 is 18.0 Å². The molecule has 1 unspecified atom stereocenters. The highest BCUT2D eigenvalue weighted by Gasteiger charge is 2.36. The van der Waals surface area contributed by atoms with Gasteiger partial charge in [-0.1, -0.05) is 0 Å². The molecular weight excluding hydrogens is 333 g/mol. The molecule has 0 aliphatic carbocycles. The van der Waals surface area contributed by atoms with Crippen molar-refractivity contribution in [2.75, 3.05) is 13.1 Å². The summed E-state index contributed by atoms with van der Waals surface area (Å²) in [4.78, 5) is 24.8. The molecule has 3 aromatic heterocycles. The maximum Gasteiger partial charge on any atom is 0.397 e. The number of aromatic nitrogens is 3. The SMILES string of the molecule is O=C(CC(F)(F)F)N1CCC(c2cncc3cnc4[nH]ccc4c23)C1. The van der Waals surface area contributed by atoms with Crippen molar-refractivity contribution in [3.8, 4) is 0 Å². The van der Waals surface area contributed by atoms with Crippen LogP contribution >= 0.6 is 0 Å². The van der Waals surface area contributed by atoms with Crippen molar-refractivity contribution >= 4 is 27.7 Å². The molecule has 25 heavy (non-hydrogen) atoms. The first-order valence-corrected chi connectivity index (χ1v) is 7.96. The Labute approximate surface area is 140 Å². The predicted octanol–water partition coefficient (Wildman–Crippen LogP) is 3.38. The Morgan fingerprint density at radius 1 is 1.32 bits per heavy atom. The van der Waals surface area contributed by atoms with Crippen LogP contribution in [0.2, 0.25) is 0 Å². The average molecular weight is 348 g/mol. The van der Waals surface area contributed by atoms with E-state index in [1.54, 1.807) is 24.8 Å². The number of H-pyrrole nitrogens is 1. The molecule has 1 atom stereocenters. The molecule has 1 saturated heterocycles. The van der Waals surface area contributed by atoms with Gasteiger partial charge in [0, 0.05) is 60.0 Å². The van der Waals surface area contributed by atoms with Crippen LogP contribution in [0.1, 0.15) is 24.3 Å². The minimum atomic E-state index is -4.47. The summed E-state index contributed by atoms with van der Waals surface area (Å²) in [6.45, 7) is 0.612. The zero-order chi connectivity index (χ0) is 17.6. The molecule has 1 fully saturated rings.